The Hall–Kier alpha value is -2.04. The second kappa shape index (κ2) is 5.39. The molecule has 1 saturated heterocycles. The maximum Gasteiger partial charge on any atom is 0.306 e. The van der Waals surface area contributed by atoms with Gasteiger partial charge in [-0.15, -0.1) is 0 Å². The Morgan fingerprint density at radius 1 is 1.29 bits per heavy atom. The van der Waals surface area contributed by atoms with Crippen molar-refractivity contribution in [1.82, 2.24) is 4.90 Å². The number of carbonyl (C=O) groups excluding carboxylic acids is 1. The molecule has 1 fully saturated rings. The van der Waals surface area contributed by atoms with E-state index in [1.165, 1.54) is 0 Å². The molecular formula is C16H22N2O3. The zero-order valence-electron chi connectivity index (χ0n) is 12.7. The molecule has 1 atom stereocenters. The number of nitrogen functional groups attached to an aromatic ring is 1. The minimum atomic E-state index is -0.801. The van der Waals surface area contributed by atoms with Gasteiger partial charge >= 0.3 is 5.97 Å². The molecule has 0 radical (unpaired) electrons. The molecule has 1 aromatic carbocycles. The Morgan fingerprint density at radius 3 is 2.29 bits per heavy atom. The zero-order valence-corrected chi connectivity index (χ0v) is 12.7. The molecule has 0 spiro atoms. The normalized spacial score (nSPS) is 17.2. The number of carboxylic acid groups (broad SMARTS) is 1. The lowest BCUT2D eigenvalue weighted by molar-refractivity contribution is -0.152. The number of carboxylic acids is 1. The maximum atomic E-state index is 12.6. The van der Waals surface area contributed by atoms with Crippen molar-refractivity contribution in [3.8, 4) is 0 Å². The fourth-order valence-electron chi connectivity index (χ4n) is 2.61. The number of rotatable bonds is 4. The minimum absolute atomic E-state index is 0.0288. The number of likely N-dealkylation sites (tertiary alicyclic amines) is 1. The third-order valence-corrected chi connectivity index (χ3v) is 4.46. The van der Waals surface area contributed by atoms with Gasteiger partial charge in [0.05, 0.1) is 11.3 Å². The Bertz CT molecular complexity index is 545. The summed E-state index contributed by atoms with van der Waals surface area (Å²) in [5, 5.41) is 8.99. The van der Waals surface area contributed by atoms with Crippen LogP contribution in [0.2, 0.25) is 0 Å². The van der Waals surface area contributed by atoms with E-state index in [9.17, 15) is 9.59 Å². The summed E-state index contributed by atoms with van der Waals surface area (Å²) in [5.74, 6) is -1.13. The summed E-state index contributed by atoms with van der Waals surface area (Å²) >= 11 is 0. The summed E-state index contributed by atoms with van der Waals surface area (Å²) in [7, 11) is 0. The summed E-state index contributed by atoms with van der Waals surface area (Å²) in [6, 6.07) is 7.31. The molecule has 1 aliphatic rings. The van der Waals surface area contributed by atoms with Crippen LogP contribution in [0.3, 0.4) is 0 Å². The molecule has 1 unspecified atom stereocenters. The van der Waals surface area contributed by atoms with Gasteiger partial charge in [0.25, 0.3) is 0 Å². The van der Waals surface area contributed by atoms with Crippen molar-refractivity contribution in [2.75, 3.05) is 18.8 Å². The Morgan fingerprint density at radius 2 is 1.81 bits per heavy atom. The number of amides is 1. The third kappa shape index (κ3) is 2.86. The quantitative estimate of drug-likeness (QED) is 0.827. The van der Waals surface area contributed by atoms with Gasteiger partial charge in [-0.05, 0) is 31.5 Å². The summed E-state index contributed by atoms with van der Waals surface area (Å²) in [6.45, 7) is 6.50. The summed E-state index contributed by atoms with van der Waals surface area (Å²) < 4.78 is 0. The second-order valence-corrected chi connectivity index (χ2v) is 6.34. The standard InChI is InChI=1S/C16H22N2O3/c1-10(14(19)20)11-8-18(9-11)15(21)16(2,3)12-4-6-13(17)7-5-12/h4-7,10-11H,8-9,17H2,1-3H3,(H,19,20). The molecule has 21 heavy (non-hydrogen) atoms. The van der Waals surface area contributed by atoms with E-state index in [4.69, 9.17) is 10.8 Å². The van der Waals surface area contributed by atoms with Gasteiger partial charge in [0.2, 0.25) is 5.91 Å². The minimum Gasteiger partial charge on any atom is -0.481 e. The molecule has 0 aliphatic carbocycles. The van der Waals surface area contributed by atoms with E-state index in [1.54, 1.807) is 24.0 Å². The highest BCUT2D eigenvalue weighted by molar-refractivity contribution is 5.88. The number of aliphatic carboxylic acids is 1. The Balaban J connectivity index is 2.04. The number of hydrogen-bond acceptors (Lipinski definition) is 3. The summed E-state index contributed by atoms with van der Waals surface area (Å²) in [5.41, 5.74) is 6.62. The zero-order chi connectivity index (χ0) is 15.8. The first-order valence-corrected chi connectivity index (χ1v) is 7.11. The average Bonchev–Trinajstić information content (AvgIpc) is 2.37. The molecule has 0 saturated carbocycles. The van der Waals surface area contributed by atoms with Crippen LogP contribution in [0.15, 0.2) is 24.3 Å². The van der Waals surface area contributed by atoms with Crippen LogP contribution in [-0.2, 0) is 15.0 Å². The number of benzene rings is 1. The van der Waals surface area contributed by atoms with E-state index in [0.29, 0.717) is 18.8 Å². The molecular weight excluding hydrogens is 268 g/mol. The van der Waals surface area contributed by atoms with E-state index in [-0.39, 0.29) is 11.8 Å². The molecule has 3 N–H and O–H groups in total. The average molecular weight is 290 g/mol. The molecule has 0 aromatic heterocycles. The topological polar surface area (TPSA) is 83.6 Å². The maximum absolute atomic E-state index is 12.6. The van der Waals surface area contributed by atoms with Crippen LogP contribution >= 0.6 is 0 Å². The Kier molecular flexibility index (Phi) is 3.94. The predicted molar refractivity (Wildman–Crippen MR) is 80.8 cm³/mol. The molecule has 1 heterocycles. The van der Waals surface area contributed by atoms with E-state index >= 15 is 0 Å². The number of anilines is 1. The van der Waals surface area contributed by atoms with Crippen LogP contribution in [0.1, 0.15) is 26.3 Å². The van der Waals surface area contributed by atoms with Crippen molar-refractivity contribution in [2.24, 2.45) is 11.8 Å². The van der Waals surface area contributed by atoms with Crippen molar-refractivity contribution in [3.63, 3.8) is 0 Å². The van der Waals surface area contributed by atoms with Gasteiger partial charge in [0.1, 0.15) is 0 Å². The van der Waals surface area contributed by atoms with Gasteiger partial charge in [-0.2, -0.15) is 0 Å². The lowest BCUT2D eigenvalue weighted by Gasteiger charge is -2.44. The van der Waals surface area contributed by atoms with Gasteiger partial charge in [0.15, 0.2) is 0 Å². The molecule has 1 amide bonds. The van der Waals surface area contributed by atoms with Crippen molar-refractivity contribution in [3.05, 3.63) is 29.8 Å². The SMILES string of the molecule is CC(C(=O)O)C1CN(C(=O)C(C)(C)c2ccc(N)cc2)C1. The van der Waals surface area contributed by atoms with E-state index in [0.717, 1.165) is 5.56 Å². The molecule has 5 heteroatoms. The van der Waals surface area contributed by atoms with Crippen LogP contribution in [-0.4, -0.2) is 35.0 Å². The van der Waals surface area contributed by atoms with Gasteiger partial charge in [-0.25, -0.2) is 0 Å². The molecule has 1 aliphatic heterocycles. The van der Waals surface area contributed by atoms with Gasteiger partial charge in [0, 0.05) is 24.7 Å². The highest BCUT2D eigenvalue weighted by Gasteiger charge is 2.42. The second-order valence-electron chi connectivity index (χ2n) is 6.34. The smallest absolute Gasteiger partial charge is 0.306 e. The predicted octanol–water partition coefficient (Wildman–Crippen LogP) is 1.73. The first-order valence-electron chi connectivity index (χ1n) is 7.11. The largest absolute Gasteiger partial charge is 0.481 e. The highest BCUT2D eigenvalue weighted by atomic mass is 16.4. The molecule has 114 valence electrons. The van der Waals surface area contributed by atoms with Crippen molar-refractivity contribution >= 4 is 17.6 Å². The van der Waals surface area contributed by atoms with Gasteiger partial charge in [-0.3, -0.25) is 9.59 Å². The highest BCUT2D eigenvalue weighted by Crippen LogP contribution is 2.32. The molecule has 2 rings (SSSR count). The first kappa shape index (κ1) is 15.4. The summed E-state index contributed by atoms with van der Waals surface area (Å²) in [4.78, 5) is 25.3. The molecule has 1 aromatic rings. The lowest BCUT2D eigenvalue weighted by atomic mass is 9.79. The number of nitrogens with two attached hydrogens (primary N) is 1. The molecule has 0 bridgehead atoms. The van der Waals surface area contributed by atoms with Crippen molar-refractivity contribution in [2.45, 2.75) is 26.2 Å². The summed E-state index contributed by atoms with van der Waals surface area (Å²) in [6.07, 6.45) is 0. The van der Waals surface area contributed by atoms with Crippen LogP contribution in [0, 0.1) is 11.8 Å². The first-order chi connectivity index (χ1) is 9.73. The van der Waals surface area contributed by atoms with E-state index in [2.05, 4.69) is 0 Å². The monoisotopic (exact) mass is 290 g/mol. The fourth-order valence-corrected chi connectivity index (χ4v) is 2.61. The number of hydrogen-bond donors (Lipinski definition) is 2. The van der Waals surface area contributed by atoms with Crippen LogP contribution < -0.4 is 5.73 Å². The fraction of sp³-hybridized carbons (Fsp3) is 0.500. The van der Waals surface area contributed by atoms with Crippen LogP contribution in [0.4, 0.5) is 5.69 Å². The van der Waals surface area contributed by atoms with E-state index < -0.39 is 17.3 Å². The van der Waals surface area contributed by atoms with Crippen LogP contribution in [0.5, 0.6) is 0 Å². The number of nitrogens with zero attached hydrogens (tertiary/aromatic N) is 1. The molecule has 5 nitrogen and oxygen atoms in total. The number of carbonyl (C=O) groups is 2. The van der Waals surface area contributed by atoms with E-state index in [1.807, 2.05) is 26.0 Å². The van der Waals surface area contributed by atoms with Crippen molar-refractivity contribution < 1.29 is 14.7 Å². The van der Waals surface area contributed by atoms with Gasteiger partial charge in [-0.1, -0.05) is 19.1 Å². The van der Waals surface area contributed by atoms with Gasteiger partial charge < -0.3 is 15.7 Å². The third-order valence-electron chi connectivity index (χ3n) is 4.46. The lowest BCUT2D eigenvalue weighted by Crippen LogP contribution is -2.57. The van der Waals surface area contributed by atoms with Crippen molar-refractivity contribution in [1.29, 1.82) is 0 Å². The Labute approximate surface area is 124 Å². The van der Waals surface area contributed by atoms with Crippen LogP contribution in [0.25, 0.3) is 0 Å².